The van der Waals surface area contributed by atoms with Gasteiger partial charge in [-0.1, -0.05) is 0 Å². The molecule has 1 aromatic carbocycles. The number of ether oxygens (including phenoxy) is 2. The fraction of sp³-hybridized carbons (Fsp3) is 0.400. The predicted octanol–water partition coefficient (Wildman–Crippen LogP) is 2.17. The topological polar surface area (TPSA) is 58.6 Å². The molecule has 0 heterocycles. The van der Waals surface area contributed by atoms with Crippen LogP contribution in [0.2, 0.25) is 0 Å². The van der Waals surface area contributed by atoms with E-state index in [9.17, 15) is 10.2 Å². The largest absolute Gasteiger partial charge is 0.504 e. The summed E-state index contributed by atoms with van der Waals surface area (Å²) in [7, 11) is 2.75. The molecule has 0 unspecified atom stereocenters. The van der Waals surface area contributed by atoms with Crippen LogP contribution in [0.1, 0.15) is 11.1 Å². The third-order valence-electron chi connectivity index (χ3n) is 2.29. The molecule has 0 aliphatic rings. The highest BCUT2D eigenvalue weighted by Crippen LogP contribution is 2.47. The van der Waals surface area contributed by atoms with Gasteiger partial charge in [0, 0.05) is 11.1 Å². The Morgan fingerprint density at radius 2 is 1.50 bits per heavy atom. The SMILES string of the molecule is COc1c([O])c(C)c(C)c(O)c1OC. The van der Waals surface area contributed by atoms with Gasteiger partial charge in [0.1, 0.15) is 0 Å². The lowest BCUT2D eigenvalue weighted by atomic mass is 10.1. The lowest BCUT2D eigenvalue weighted by Crippen LogP contribution is -1.95. The Morgan fingerprint density at radius 1 is 1.00 bits per heavy atom. The highest BCUT2D eigenvalue weighted by atomic mass is 16.5. The second-order valence-electron chi connectivity index (χ2n) is 2.99. The summed E-state index contributed by atoms with van der Waals surface area (Å²) in [6.07, 6.45) is 0. The maximum atomic E-state index is 11.6. The van der Waals surface area contributed by atoms with Gasteiger partial charge in [0.05, 0.1) is 14.2 Å². The number of hydrogen-bond acceptors (Lipinski definition) is 3. The minimum atomic E-state index is -0.250. The van der Waals surface area contributed by atoms with Crippen molar-refractivity contribution in [1.29, 1.82) is 0 Å². The van der Waals surface area contributed by atoms with Crippen molar-refractivity contribution in [2.45, 2.75) is 13.8 Å². The first kappa shape index (κ1) is 10.5. The second-order valence-corrected chi connectivity index (χ2v) is 2.99. The van der Waals surface area contributed by atoms with Crippen molar-refractivity contribution >= 4 is 0 Å². The third-order valence-corrected chi connectivity index (χ3v) is 2.29. The molecule has 0 atom stereocenters. The zero-order chi connectivity index (χ0) is 10.9. The van der Waals surface area contributed by atoms with E-state index in [1.165, 1.54) is 14.2 Å². The van der Waals surface area contributed by atoms with Gasteiger partial charge in [0.2, 0.25) is 17.2 Å². The van der Waals surface area contributed by atoms with E-state index in [4.69, 9.17) is 9.47 Å². The first-order chi connectivity index (χ1) is 6.54. The summed E-state index contributed by atoms with van der Waals surface area (Å²) in [5.74, 6) is -0.144. The Bertz CT molecular complexity index is 323. The highest BCUT2D eigenvalue weighted by Gasteiger charge is 2.21. The Morgan fingerprint density at radius 3 is 1.93 bits per heavy atom. The van der Waals surface area contributed by atoms with Crippen molar-refractivity contribution in [2.75, 3.05) is 14.2 Å². The van der Waals surface area contributed by atoms with Crippen LogP contribution in [0.25, 0.3) is 0 Å². The molecule has 0 amide bonds. The zero-order valence-corrected chi connectivity index (χ0v) is 8.67. The van der Waals surface area contributed by atoms with E-state index in [2.05, 4.69) is 0 Å². The van der Waals surface area contributed by atoms with Gasteiger partial charge < -0.3 is 14.6 Å². The molecule has 14 heavy (non-hydrogen) atoms. The van der Waals surface area contributed by atoms with Crippen LogP contribution in [0.15, 0.2) is 0 Å². The highest BCUT2D eigenvalue weighted by molar-refractivity contribution is 5.65. The lowest BCUT2D eigenvalue weighted by Gasteiger charge is -2.13. The first-order valence-corrected chi connectivity index (χ1v) is 4.15. The van der Waals surface area contributed by atoms with Gasteiger partial charge in [0.25, 0.3) is 0 Å². The van der Waals surface area contributed by atoms with E-state index >= 15 is 0 Å². The third kappa shape index (κ3) is 1.32. The normalized spacial score (nSPS) is 10.0. The van der Waals surface area contributed by atoms with Crippen molar-refractivity contribution in [3.63, 3.8) is 0 Å². The summed E-state index contributed by atoms with van der Waals surface area (Å²) in [6.45, 7) is 3.30. The Balaban J connectivity index is 3.57. The van der Waals surface area contributed by atoms with Crippen molar-refractivity contribution < 1.29 is 19.7 Å². The quantitative estimate of drug-likeness (QED) is 0.790. The summed E-state index contributed by atoms with van der Waals surface area (Å²) in [4.78, 5) is 0. The van der Waals surface area contributed by atoms with Crippen LogP contribution in [-0.2, 0) is 5.11 Å². The monoisotopic (exact) mass is 197 g/mol. The van der Waals surface area contributed by atoms with E-state index in [1.54, 1.807) is 13.8 Å². The van der Waals surface area contributed by atoms with Gasteiger partial charge in [0.15, 0.2) is 5.75 Å². The van der Waals surface area contributed by atoms with E-state index in [-0.39, 0.29) is 23.0 Å². The fourth-order valence-electron chi connectivity index (χ4n) is 1.27. The molecule has 0 saturated heterocycles. The van der Waals surface area contributed by atoms with Gasteiger partial charge in [-0.15, -0.1) is 0 Å². The number of rotatable bonds is 2. The molecule has 1 aromatic rings. The first-order valence-electron chi connectivity index (χ1n) is 4.15. The average molecular weight is 197 g/mol. The Labute approximate surface area is 82.7 Å². The Hall–Kier alpha value is -1.58. The maximum Gasteiger partial charge on any atom is 0.227 e. The average Bonchev–Trinajstić information content (AvgIpc) is 2.20. The number of aromatic hydroxyl groups is 1. The molecule has 4 nitrogen and oxygen atoms in total. The molecule has 0 aromatic heterocycles. The summed E-state index contributed by atoms with van der Waals surface area (Å²) in [6, 6.07) is 0. The van der Waals surface area contributed by atoms with Gasteiger partial charge in [-0.2, -0.15) is 0 Å². The smallest absolute Gasteiger partial charge is 0.227 e. The Kier molecular flexibility index (Phi) is 2.74. The van der Waals surface area contributed by atoms with Gasteiger partial charge >= 0.3 is 0 Å². The van der Waals surface area contributed by atoms with Gasteiger partial charge in [-0.3, -0.25) is 5.11 Å². The number of phenols is 1. The number of benzene rings is 1. The summed E-state index contributed by atoms with van der Waals surface area (Å²) >= 11 is 0. The molecule has 0 aliphatic heterocycles. The molecular weight excluding hydrogens is 184 g/mol. The molecule has 1 radical (unpaired) electrons. The number of phenolic OH excluding ortho intramolecular Hbond substituents is 1. The maximum absolute atomic E-state index is 11.6. The summed E-state index contributed by atoms with van der Waals surface area (Å²) < 4.78 is 9.79. The molecule has 0 aliphatic carbocycles. The molecule has 0 saturated carbocycles. The number of methoxy groups -OCH3 is 2. The molecule has 4 heteroatoms. The van der Waals surface area contributed by atoms with Crippen LogP contribution in [0.5, 0.6) is 23.0 Å². The van der Waals surface area contributed by atoms with Crippen LogP contribution in [-0.4, -0.2) is 19.3 Å². The molecular formula is C10H13O4. The molecule has 0 fully saturated rings. The molecule has 1 rings (SSSR count). The lowest BCUT2D eigenvalue weighted by molar-refractivity contribution is 0.286. The van der Waals surface area contributed by atoms with Crippen LogP contribution in [0, 0.1) is 13.8 Å². The summed E-state index contributed by atoms with van der Waals surface area (Å²) in [5, 5.41) is 21.3. The van der Waals surface area contributed by atoms with Gasteiger partial charge in [-0.25, -0.2) is 0 Å². The van der Waals surface area contributed by atoms with E-state index in [0.29, 0.717) is 11.1 Å². The summed E-state index contributed by atoms with van der Waals surface area (Å²) in [5.41, 5.74) is 0.993. The standard InChI is InChI=1S/C10H13O4/c1-5-6(2)8(12)10(14-4)9(13-3)7(5)11/h11H,1-4H3. The van der Waals surface area contributed by atoms with Crippen LogP contribution >= 0.6 is 0 Å². The second kappa shape index (κ2) is 3.65. The van der Waals surface area contributed by atoms with E-state index in [0.717, 1.165) is 0 Å². The predicted molar refractivity (Wildman–Crippen MR) is 50.8 cm³/mol. The fourth-order valence-corrected chi connectivity index (χ4v) is 1.27. The van der Waals surface area contributed by atoms with Gasteiger partial charge in [-0.05, 0) is 13.8 Å². The van der Waals surface area contributed by atoms with Crippen molar-refractivity contribution in [3.05, 3.63) is 11.1 Å². The zero-order valence-electron chi connectivity index (χ0n) is 8.67. The van der Waals surface area contributed by atoms with Crippen LogP contribution < -0.4 is 9.47 Å². The minimum Gasteiger partial charge on any atom is -0.504 e. The van der Waals surface area contributed by atoms with Crippen LogP contribution in [0.3, 0.4) is 0 Å². The van der Waals surface area contributed by atoms with E-state index in [1.807, 2.05) is 0 Å². The molecule has 77 valence electrons. The van der Waals surface area contributed by atoms with Crippen molar-refractivity contribution in [3.8, 4) is 23.0 Å². The van der Waals surface area contributed by atoms with Crippen molar-refractivity contribution in [2.24, 2.45) is 0 Å². The molecule has 0 spiro atoms. The van der Waals surface area contributed by atoms with Crippen molar-refractivity contribution in [1.82, 2.24) is 0 Å². The minimum absolute atomic E-state index is 0.0403. The number of hydrogen-bond donors (Lipinski definition) is 1. The molecule has 0 bridgehead atoms. The van der Waals surface area contributed by atoms with E-state index < -0.39 is 0 Å². The molecule has 1 N–H and O–H groups in total. The van der Waals surface area contributed by atoms with Crippen LogP contribution in [0.4, 0.5) is 0 Å².